The molecular formula is C22H28ClFN6O4S. The van der Waals surface area contributed by atoms with E-state index in [0.717, 1.165) is 0 Å². The number of benzene rings is 1. The number of piperazine rings is 1. The van der Waals surface area contributed by atoms with Crippen LogP contribution in [0.5, 0.6) is 0 Å². The van der Waals surface area contributed by atoms with Gasteiger partial charge in [-0.05, 0) is 31.9 Å². The van der Waals surface area contributed by atoms with Gasteiger partial charge in [0.15, 0.2) is 0 Å². The summed E-state index contributed by atoms with van der Waals surface area (Å²) in [5, 5.41) is 15.0. The molecule has 3 aliphatic heterocycles. The molecule has 0 spiro atoms. The van der Waals surface area contributed by atoms with Crippen molar-refractivity contribution >= 4 is 33.6 Å². The summed E-state index contributed by atoms with van der Waals surface area (Å²) in [5.74, 6) is -1.56. The molecule has 2 N–H and O–H groups in total. The maximum Gasteiger partial charge on any atom is 0.282 e. The van der Waals surface area contributed by atoms with Crippen molar-refractivity contribution in [3.05, 3.63) is 34.6 Å². The minimum absolute atomic E-state index is 0.0495. The summed E-state index contributed by atoms with van der Waals surface area (Å²) in [6.07, 6.45) is 1.09. The highest BCUT2D eigenvalue weighted by Gasteiger charge is 2.44. The van der Waals surface area contributed by atoms with Crippen LogP contribution in [0.1, 0.15) is 31.4 Å². The largest absolute Gasteiger partial charge is 0.348 e. The fourth-order valence-electron chi connectivity index (χ4n) is 4.71. The quantitative estimate of drug-likeness (QED) is 0.560. The smallest absolute Gasteiger partial charge is 0.282 e. The van der Waals surface area contributed by atoms with Crippen molar-refractivity contribution in [2.24, 2.45) is 5.92 Å². The highest BCUT2D eigenvalue weighted by Crippen LogP contribution is 2.25. The minimum atomic E-state index is -3.76. The van der Waals surface area contributed by atoms with Crippen LogP contribution in [-0.2, 0) is 19.8 Å². The zero-order chi connectivity index (χ0) is 25.3. The zero-order valence-corrected chi connectivity index (χ0v) is 20.9. The summed E-state index contributed by atoms with van der Waals surface area (Å²) in [6.45, 7) is 2.80. The van der Waals surface area contributed by atoms with Gasteiger partial charge in [-0.2, -0.15) is 22.3 Å². The second-order valence-corrected chi connectivity index (χ2v) is 11.5. The Labute approximate surface area is 209 Å². The van der Waals surface area contributed by atoms with Crippen LogP contribution in [-0.4, -0.2) is 85.1 Å². The molecule has 4 rings (SSSR count). The van der Waals surface area contributed by atoms with Gasteiger partial charge in [-0.25, -0.2) is 4.39 Å². The molecule has 0 saturated carbocycles. The molecule has 2 amide bonds. The number of rotatable bonds is 6. The van der Waals surface area contributed by atoms with Gasteiger partial charge in [-0.3, -0.25) is 9.59 Å². The Hall–Kier alpha value is -2.30. The number of carbonyl (C=O) groups excluding carboxylic acids is 2. The summed E-state index contributed by atoms with van der Waals surface area (Å²) in [6, 6.07) is 4.16. The van der Waals surface area contributed by atoms with Gasteiger partial charge in [0.1, 0.15) is 17.9 Å². The van der Waals surface area contributed by atoms with Crippen molar-refractivity contribution in [1.29, 1.82) is 5.26 Å². The van der Waals surface area contributed by atoms with Crippen LogP contribution < -0.4 is 10.6 Å². The number of nitrogens with zero attached hydrogens (tertiary/aromatic N) is 4. The summed E-state index contributed by atoms with van der Waals surface area (Å²) < 4.78 is 42.5. The molecule has 35 heavy (non-hydrogen) atoms. The third-order valence-corrected chi connectivity index (χ3v) is 8.92. The second kappa shape index (κ2) is 10.4. The van der Waals surface area contributed by atoms with E-state index in [1.54, 1.807) is 13.0 Å². The molecule has 3 saturated heterocycles. The van der Waals surface area contributed by atoms with Crippen molar-refractivity contribution in [2.75, 3.05) is 39.3 Å². The van der Waals surface area contributed by atoms with E-state index >= 15 is 0 Å². The van der Waals surface area contributed by atoms with Gasteiger partial charge in [0.25, 0.3) is 10.2 Å². The van der Waals surface area contributed by atoms with Crippen molar-refractivity contribution in [3.63, 3.8) is 0 Å². The van der Waals surface area contributed by atoms with E-state index in [-0.39, 0.29) is 54.5 Å². The first kappa shape index (κ1) is 25.8. The first-order valence-corrected chi connectivity index (χ1v) is 13.3. The van der Waals surface area contributed by atoms with Crippen LogP contribution in [0.2, 0.25) is 5.02 Å². The third-order valence-electron chi connectivity index (χ3n) is 6.75. The van der Waals surface area contributed by atoms with E-state index in [1.807, 2.05) is 0 Å². The number of amides is 2. The van der Waals surface area contributed by atoms with Crippen LogP contribution in [0.4, 0.5) is 4.39 Å². The molecule has 3 fully saturated rings. The number of likely N-dealkylation sites (tertiary alicyclic amines) is 1. The highest BCUT2D eigenvalue weighted by molar-refractivity contribution is 7.86. The molecule has 3 atom stereocenters. The number of hydrogen-bond acceptors (Lipinski definition) is 6. The Bertz CT molecular complexity index is 1140. The van der Waals surface area contributed by atoms with Gasteiger partial charge in [-0.15, -0.1) is 0 Å². The molecule has 0 bridgehead atoms. The Morgan fingerprint density at radius 2 is 2.00 bits per heavy atom. The molecule has 10 nitrogen and oxygen atoms in total. The van der Waals surface area contributed by atoms with Crippen molar-refractivity contribution < 1.29 is 22.4 Å². The van der Waals surface area contributed by atoms with E-state index in [1.165, 1.54) is 25.6 Å². The third kappa shape index (κ3) is 5.29. The molecule has 3 aliphatic rings. The van der Waals surface area contributed by atoms with Crippen LogP contribution in [0.15, 0.2) is 18.2 Å². The van der Waals surface area contributed by atoms with E-state index < -0.39 is 34.2 Å². The summed E-state index contributed by atoms with van der Waals surface area (Å²) in [7, 11) is -3.76. The molecule has 1 unspecified atom stereocenters. The molecule has 13 heteroatoms. The van der Waals surface area contributed by atoms with Gasteiger partial charge < -0.3 is 15.5 Å². The SMILES string of the molecule is CC(NC(=O)[C@H]1CCCN1C(=O)[C@@H]1CN(S(=O)(=O)N2CC(C#N)C2)CCN1)c1ccc(Cl)cc1F. The average Bonchev–Trinajstić information content (AvgIpc) is 3.28. The lowest BCUT2D eigenvalue weighted by Crippen LogP contribution is -2.63. The standard InChI is InChI=1S/C22H28ClFN6O4S/c1-14(17-5-4-16(23)9-18(17)24)27-21(31)20-3-2-7-30(20)22(32)19-13-28(8-6-26-19)35(33,34)29-11-15(10-25)12-29/h4-5,9,14-15,19-20,26H,2-3,6-8,11-13H2,1H3,(H,27,31)/t14?,19-,20+/m0/s1. The molecule has 1 aromatic rings. The van der Waals surface area contributed by atoms with E-state index in [9.17, 15) is 22.4 Å². The molecule has 0 radical (unpaired) electrons. The Morgan fingerprint density at radius 1 is 1.26 bits per heavy atom. The van der Waals surface area contributed by atoms with Crippen molar-refractivity contribution in [2.45, 2.75) is 37.9 Å². The molecule has 1 aromatic carbocycles. The summed E-state index contributed by atoms with van der Waals surface area (Å²) in [4.78, 5) is 27.8. The predicted octanol–water partition coefficient (Wildman–Crippen LogP) is 0.621. The van der Waals surface area contributed by atoms with Crippen molar-refractivity contribution in [3.8, 4) is 6.07 Å². The predicted molar refractivity (Wildman–Crippen MR) is 126 cm³/mol. The van der Waals surface area contributed by atoms with Gasteiger partial charge in [-0.1, -0.05) is 17.7 Å². The Kier molecular flexibility index (Phi) is 7.63. The average molecular weight is 527 g/mol. The Morgan fingerprint density at radius 3 is 2.69 bits per heavy atom. The zero-order valence-electron chi connectivity index (χ0n) is 19.3. The van der Waals surface area contributed by atoms with Crippen LogP contribution in [0.3, 0.4) is 0 Å². The number of hydrogen-bond donors (Lipinski definition) is 2. The highest BCUT2D eigenvalue weighted by atomic mass is 35.5. The van der Waals surface area contributed by atoms with Gasteiger partial charge >= 0.3 is 0 Å². The van der Waals surface area contributed by atoms with Gasteiger partial charge in [0, 0.05) is 49.9 Å². The molecule has 0 aromatic heterocycles. The lowest BCUT2D eigenvalue weighted by Gasteiger charge is -2.41. The monoisotopic (exact) mass is 526 g/mol. The second-order valence-electron chi connectivity index (χ2n) is 9.10. The summed E-state index contributed by atoms with van der Waals surface area (Å²) >= 11 is 5.81. The molecular weight excluding hydrogens is 499 g/mol. The van der Waals surface area contributed by atoms with Gasteiger partial charge in [0.05, 0.1) is 18.0 Å². The molecule has 0 aliphatic carbocycles. The van der Waals surface area contributed by atoms with E-state index in [0.29, 0.717) is 25.9 Å². The lowest BCUT2D eigenvalue weighted by molar-refractivity contribution is -0.140. The maximum atomic E-state index is 14.3. The van der Waals surface area contributed by atoms with Crippen LogP contribution in [0, 0.1) is 23.1 Å². The van der Waals surface area contributed by atoms with E-state index in [2.05, 4.69) is 16.7 Å². The topological polar surface area (TPSA) is 126 Å². The van der Waals surface area contributed by atoms with Crippen LogP contribution in [0.25, 0.3) is 0 Å². The molecule has 190 valence electrons. The number of carbonyl (C=O) groups is 2. The first-order valence-electron chi connectivity index (χ1n) is 11.6. The first-order chi connectivity index (χ1) is 16.6. The Balaban J connectivity index is 1.39. The molecule has 3 heterocycles. The number of nitrogens with one attached hydrogen (secondary N) is 2. The number of nitriles is 1. The normalized spacial score (nSPS) is 25.0. The fourth-order valence-corrected chi connectivity index (χ4v) is 6.59. The van der Waals surface area contributed by atoms with Crippen LogP contribution >= 0.6 is 11.6 Å². The summed E-state index contributed by atoms with van der Waals surface area (Å²) in [5.41, 5.74) is 0.290. The maximum absolute atomic E-state index is 14.3. The van der Waals surface area contributed by atoms with Gasteiger partial charge in [0.2, 0.25) is 11.8 Å². The van der Waals surface area contributed by atoms with Crippen molar-refractivity contribution in [1.82, 2.24) is 24.1 Å². The lowest BCUT2D eigenvalue weighted by atomic mass is 10.1. The van der Waals surface area contributed by atoms with E-state index in [4.69, 9.17) is 16.9 Å². The minimum Gasteiger partial charge on any atom is -0.348 e. The number of halogens is 2. The fraction of sp³-hybridized carbons (Fsp3) is 0.591.